The van der Waals surface area contributed by atoms with Crippen molar-refractivity contribution >= 4 is 39.1 Å². The second kappa shape index (κ2) is 7.64. The maximum atomic E-state index is 13.1. The van der Waals surface area contributed by atoms with Gasteiger partial charge in [0.1, 0.15) is 11.0 Å². The van der Waals surface area contributed by atoms with Gasteiger partial charge in [0, 0.05) is 37.8 Å². The molecule has 6 nitrogen and oxygen atoms in total. The first-order valence-electron chi connectivity index (χ1n) is 8.59. The van der Waals surface area contributed by atoms with Crippen molar-refractivity contribution in [3.05, 3.63) is 27.2 Å². The maximum Gasteiger partial charge on any atom is 0.251 e. The predicted molar refractivity (Wildman–Crippen MR) is 100 cm³/mol. The number of amides is 1. The van der Waals surface area contributed by atoms with E-state index in [0.717, 1.165) is 12.8 Å². The van der Waals surface area contributed by atoms with Crippen LogP contribution in [0.15, 0.2) is 11.0 Å². The highest BCUT2D eigenvalue weighted by atomic mass is 35.5. The zero-order valence-corrected chi connectivity index (χ0v) is 17.1. The Morgan fingerprint density at radius 2 is 1.85 bits per heavy atom. The molecule has 2 heterocycles. The highest BCUT2D eigenvalue weighted by Gasteiger charge is 2.36. The molecule has 3 rings (SSSR count). The summed E-state index contributed by atoms with van der Waals surface area (Å²) < 4.78 is 33.0. The van der Waals surface area contributed by atoms with E-state index in [1.165, 1.54) is 4.31 Å². The standard InChI is InChI=1S/C17H22Cl2N2O4S/c1-11-10-13(18)12(2)16(15(11)19)26(23,24)21-7-5-20(6-8-21)17(22)14-4-3-9-25-14/h10,14H,3-9H2,1-2H3/t14-/m0/s1. The van der Waals surface area contributed by atoms with Crippen LogP contribution >= 0.6 is 23.2 Å². The quantitative estimate of drug-likeness (QED) is 0.753. The first-order valence-corrected chi connectivity index (χ1v) is 10.8. The number of piperazine rings is 1. The van der Waals surface area contributed by atoms with E-state index in [4.69, 9.17) is 27.9 Å². The third kappa shape index (κ3) is 3.60. The minimum atomic E-state index is -3.79. The lowest BCUT2D eigenvalue weighted by Crippen LogP contribution is -2.52. The number of ether oxygens (including phenoxy) is 1. The first kappa shape index (κ1) is 19.9. The lowest BCUT2D eigenvalue weighted by Gasteiger charge is -2.35. The van der Waals surface area contributed by atoms with Crippen molar-refractivity contribution in [3.63, 3.8) is 0 Å². The molecule has 2 aliphatic heterocycles. The molecule has 0 spiro atoms. The van der Waals surface area contributed by atoms with Crippen molar-refractivity contribution in [1.29, 1.82) is 0 Å². The third-order valence-corrected chi connectivity index (χ3v) is 8.00. The average Bonchev–Trinajstić information content (AvgIpc) is 3.14. The van der Waals surface area contributed by atoms with E-state index in [0.29, 0.717) is 35.8 Å². The van der Waals surface area contributed by atoms with Gasteiger partial charge in [-0.15, -0.1) is 0 Å². The number of benzene rings is 1. The number of nitrogens with zero attached hydrogens (tertiary/aromatic N) is 2. The van der Waals surface area contributed by atoms with Crippen molar-refractivity contribution in [3.8, 4) is 0 Å². The molecule has 0 N–H and O–H groups in total. The number of sulfonamides is 1. The summed E-state index contributed by atoms with van der Waals surface area (Å²) >= 11 is 12.5. The van der Waals surface area contributed by atoms with E-state index >= 15 is 0 Å². The molecule has 0 unspecified atom stereocenters. The van der Waals surface area contributed by atoms with Crippen LogP contribution in [0.5, 0.6) is 0 Å². The van der Waals surface area contributed by atoms with E-state index in [1.807, 2.05) is 0 Å². The monoisotopic (exact) mass is 420 g/mol. The molecule has 1 amide bonds. The normalized spacial score (nSPS) is 22.0. The van der Waals surface area contributed by atoms with Crippen LogP contribution < -0.4 is 0 Å². The van der Waals surface area contributed by atoms with Crippen LogP contribution in [-0.4, -0.2) is 62.4 Å². The smallest absolute Gasteiger partial charge is 0.251 e. The van der Waals surface area contributed by atoms with Crippen molar-refractivity contribution in [2.45, 2.75) is 37.7 Å². The Bertz CT molecular complexity index is 788. The maximum absolute atomic E-state index is 13.1. The lowest BCUT2D eigenvalue weighted by molar-refractivity contribution is -0.142. The Morgan fingerprint density at radius 1 is 1.19 bits per heavy atom. The molecule has 0 bridgehead atoms. The van der Waals surface area contributed by atoms with E-state index < -0.39 is 10.0 Å². The highest BCUT2D eigenvalue weighted by Crippen LogP contribution is 2.35. The Labute approximate surface area is 164 Å². The minimum Gasteiger partial charge on any atom is -0.368 e. The zero-order chi connectivity index (χ0) is 19.1. The lowest BCUT2D eigenvalue weighted by atomic mass is 10.2. The average molecular weight is 421 g/mol. The molecule has 9 heteroatoms. The molecule has 2 aliphatic rings. The molecule has 144 valence electrons. The van der Waals surface area contributed by atoms with E-state index in [9.17, 15) is 13.2 Å². The number of carbonyl (C=O) groups is 1. The summed E-state index contributed by atoms with van der Waals surface area (Å²) in [6.07, 6.45) is 1.23. The summed E-state index contributed by atoms with van der Waals surface area (Å²) in [4.78, 5) is 14.2. The highest BCUT2D eigenvalue weighted by molar-refractivity contribution is 7.89. The number of hydrogen-bond donors (Lipinski definition) is 0. The Balaban J connectivity index is 1.78. The fraction of sp³-hybridized carbons (Fsp3) is 0.588. The topological polar surface area (TPSA) is 66.9 Å². The molecule has 26 heavy (non-hydrogen) atoms. The van der Waals surface area contributed by atoms with Gasteiger partial charge >= 0.3 is 0 Å². The van der Waals surface area contributed by atoms with Gasteiger partial charge < -0.3 is 9.64 Å². The second-order valence-electron chi connectivity index (χ2n) is 6.67. The number of rotatable bonds is 3. The molecule has 0 aromatic heterocycles. The zero-order valence-electron chi connectivity index (χ0n) is 14.8. The molecule has 0 radical (unpaired) electrons. The largest absolute Gasteiger partial charge is 0.368 e. The van der Waals surface area contributed by atoms with Crippen molar-refractivity contribution < 1.29 is 17.9 Å². The Morgan fingerprint density at radius 3 is 2.42 bits per heavy atom. The van der Waals surface area contributed by atoms with Gasteiger partial charge in [0.05, 0.1) is 5.02 Å². The molecular formula is C17H22Cl2N2O4S. The van der Waals surface area contributed by atoms with Crippen LogP contribution in [0.2, 0.25) is 10.0 Å². The predicted octanol–water partition coefficient (Wildman–Crippen LogP) is 2.62. The van der Waals surface area contributed by atoms with E-state index in [2.05, 4.69) is 0 Å². The van der Waals surface area contributed by atoms with Crippen LogP contribution in [0, 0.1) is 13.8 Å². The van der Waals surface area contributed by atoms with Gasteiger partial charge in [-0.05, 0) is 43.9 Å². The van der Waals surface area contributed by atoms with Crippen molar-refractivity contribution in [2.75, 3.05) is 32.8 Å². The van der Waals surface area contributed by atoms with Crippen LogP contribution in [0.3, 0.4) is 0 Å². The van der Waals surface area contributed by atoms with Gasteiger partial charge in [0.25, 0.3) is 5.91 Å². The molecule has 1 aromatic carbocycles. The SMILES string of the molecule is Cc1cc(Cl)c(C)c(S(=O)(=O)N2CCN(C(=O)[C@@H]3CCCO3)CC2)c1Cl. The minimum absolute atomic E-state index is 0.0487. The first-order chi connectivity index (χ1) is 12.2. The number of carbonyl (C=O) groups excluding carboxylic acids is 1. The molecule has 2 fully saturated rings. The third-order valence-electron chi connectivity index (χ3n) is 4.94. The van der Waals surface area contributed by atoms with E-state index in [1.54, 1.807) is 24.8 Å². The van der Waals surface area contributed by atoms with Gasteiger partial charge in [-0.3, -0.25) is 4.79 Å². The van der Waals surface area contributed by atoms with Crippen LogP contribution in [-0.2, 0) is 19.6 Å². The van der Waals surface area contributed by atoms with Crippen molar-refractivity contribution in [1.82, 2.24) is 9.21 Å². The van der Waals surface area contributed by atoms with Gasteiger partial charge in [-0.2, -0.15) is 4.31 Å². The summed E-state index contributed by atoms with van der Waals surface area (Å²) in [5.74, 6) is -0.0487. The van der Waals surface area contributed by atoms with Crippen LogP contribution in [0.4, 0.5) is 0 Å². The second-order valence-corrected chi connectivity index (χ2v) is 9.33. The molecule has 1 aromatic rings. The Kier molecular flexibility index (Phi) is 5.84. The molecule has 1 atom stereocenters. The van der Waals surface area contributed by atoms with Gasteiger partial charge in [0.2, 0.25) is 10.0 Å². The molecule has 2 saturated heterocycles. The fourth-order valence-electron chi connectivity index (χ4n) is 3.37. The fourth-order valence-corrected chi connectivity index (χ4v) is 5.96. The summed E-state index contributed by atoms with van der Waals surface area (Å²) in [6.45, 7) is 5.12. The Hall–Kier alpha value is -0.860. The summed E-state index contributed by atoms with van der Waals surface area (Å²) in [5.41, 5.74) is 1.06. The molecular weight excluding hydrogens is 399 g/mol. The number of halogens is 2. The summed E-state index contributed by atoms with van der Waals surface area (Å²) in [6, 6.07) is 1.66. The number of aryl methyl sites for hydroxylation is 1. The molecule has 0 aliphatic carbocycles. The van der Waals surface area contributed by atoms with Crippen molar-refractivity contribution in [2.24, 2.45) is 0 Å². The van der Waals surface area contributed by atoms with E-state index in [-0.39, 0.29) is 35.0 Å². The molecule has 0 saturated carbocycles. The summed E-state index contributed by atoms with van der Waals surface area (Å²) in [7, 11) is -3.79. The number of hydrogen-bond acceptors (Lipinski definition) is 4. The summed E-state index contributed by atoms with van der Waals surface area (Å²) in [5, 5.41) is 0.572. The van der Waals surface area contributed by atoms with Gasteiger partial charge in [-0.1, -0.05) is 23.2 Å². The van der Waals surface area contributed by atoms with Crippen LogP contribution in [0.1, 0.15) is 24.0 Å². The van der Waals surface area contributed by atoms with Gasteiger partial charge in [0.15, 0.2) is 0 Å². The van der Waals surface area contributed by atoms with Crippen LogP contribution in [0.25, 0.3) is 0 Å². The van der Waals surface area contributed by atoms with Gasteiger partial charge in [-0.25, -0.2) is 8.42 Å².